The fraction of sp³-hybridized carbons (Fsp3) is 0.600. The van der Waals surface area contributed by atoms with E-state index in [-0.39, 0.29) is 41.6 Å². The molecule has 3 fully saturated rings. The van der Waals surface area contributed by atoms with Crippen molar-refractivity contribution in [2.45, 2.75) is 45.1 Å². The van der Waals surface area contributed by atoms with E-state index in [2.05, 4.69) is 10.6 Å². The Kier molecular flexibility index (Phi) is 5.58. The fourth-order valence-electron chi connectivity index (χ4n) is 4.46. The number of anilines is 1. The topological polar surface area (TPSA) is 61.4 Å². The Morgan fingerprint density at radius 3 is 2.62 bits per heavy atom. The number of nitrogens with one attached hydrogen (secondary N) is 2. The molecule has 1 saturated carbocycles. The number of halogens is 1. The molecule has 2 N–H and O–H groups in total. The summed E-state index contributed by atoms with van der Waals surface area (Å²) in [5.74, 6) is 0.228. The molecule has 2 aliphatic heterocycles. The van der Waals surface area contributed by atoms with Crippen LogP contribution in [0.2, 0.25) is 0 Å². The van der Waals surface area contributed by atoms with Crippen LogP contribution < -0.4 is 15.5 Å². The molecule has 0 aromatic heterocycles. The van der Waals surface area contributed by atoms with Gasteiger partial charge in [0.25, 0.3) is 0 Å². The molecule has 1 aromatic rings. The highest BCUT2D eigenvalue weighted by Crippen LogP contribution is 2.58. The quantitative estimate of drug-likeness (QED) is 0.850. The van der Waals surface area contributed by atoms with Crippen molar-refractivity contribution >= 4 is 29.9 Å². The first-order valence-corrected chi connectivity index (χ1v) is 9.48. The Labute approximate surface area is 161 Å². The van der Waals surface area contributed by atoms with Crippen molar-refractivity contribution in [2.75, 3.05) is 24.5 Å². The summed E-state index contributed by atoms with van der Waals surface area (Å²) in [4.78, 5) is 27.4. The minimum Gasteiger partial charge on any atom is -0.344 e. The van der Waals surface area contributed by atoms with E-state index in [9.17, 15) is 9.59 Å². The summed E-state index contributed by atoms with van der Waals surface area (Å²) in [6.45, 7) is 4.78. The second-order valence-corrected chi connectivity index (χ2v) is 7.90. The normalized spacial score (nSPS) is 27.0. The highest BCUT2D eigenvalue weighted by Gasteiger charge is 2.58. The van der Waals surface area contributed by atoms with Gasteiger partial charge in [0.15, 0.2) is 0 Å². The lowest BCUT2D eigenvalue weighted by Gasteiger charge is -2.33. The number of carbonyl (C=O) groups excluding carboxylic acids is 2. The van der Waals surface area contributed by atoms with Crippen LogP contribution in [-0.4, -0.2) is 37.5 Å². The molecule has 3 aliphatic rings. The second-order valence-electron chi connectivity index (χ2n) is 7.90. The van der Waals surface area contributed by atoms with Crippen molar-refractivity contribution in [1.82, 2.24) is 10.6 Å². The van der Waals surface area contributed by atoms with Gasteiger partial charge >= 0.3 is 0 Å². The Balaban J connectivity index is 0.00000196. The van der Waals surface area contributed by atoms with Crippen LogP contribution in [0.25, 0.3) is 0 Å². The van der Waals surface area contributed by atoms with Crippen LogP contribution in [0.15, 0.2) is 24.3 Å². The highest BCUT2D eigenvalue weighted by atomic mass is 35.5. The average molecular weight is 378 g/mol. The second kappa shape index (κ2) is 7.57. The van der Waals surface area contributed by atoms with E-state index in [1.54, 1.807) is 0 Å². The number of nitrogens with zero attached hydrogens (tertiary/aromatic N) is 1. The maximum atomic E-state index is 12.9. The van der Waals surface area contributed by atoms with Gasteiger partial charge in [0.2, 0.25) is 11.8 Å². The summed E-state index contributed by atoms with van der Waals surface area (Å²) in [5, 5.41) is 6.43. The van der Waals surface area contributed by atoms with Crippen LogP contribution in [-0.2, 0) is 9.59 Å². The standard InChI is InChI=1S/C20H27N3O2.ClH/c1-14-4-6-15(7-5-14)23-12-2-3-17(19(23)25)22-18(24)16-13-20(16)8-10-21-11-9-20;/h4-7,16-17,21H,2-3,8-13H2,1H3,(H,22,24);1H. The van der Waals surface area contributed by atoms with E-state index in [4.69, 9.17) is 0 Å². The lowest BCUT2D eigenvalue weighted by molar-refractivity contribution is -0.129. The van der Waals surface area contributed by atoms with Gasteiger partial charge in [0.1, 0.15) is 6.04 Å². The van der Waals surface area contributed by atoms with Gasteiger partial charge in [-0.05, 0) is 69.7 Å². The van der Waals surface area contributed by atoms with Crippen LogP contribution in [0.5, 0.6) is 0 Å². The third-order valence-corrected chi connectivity index (χ3v) is 6.21. The number of rotatable bonds is 3. The average Bonchev–Trinajstić information content (AvgIpc) is 3.31. The minimum atomic E-state index is -0.373. The van der Waals surface area contributed by atoms with E-state index in [0.717, 1.165) is 57.4 Å². The summed E-state index contributed by atoms with van der Waals surface area (Å²) in [5.41, 5.74) is 2.32. The SMILES string of the molecule is Cc1ccc(N2CCCC(NC(=O)C3CC34CCNCC4)C2=O)cc1.Cl. The van der Waals surface area contributed by atoms with E-state index in [0.29, 0.717) is 0 Å². The van der Waals surface area contributed by atoms with E-state index >= 15 is 0 Å². The van der Waals surface area contributed by atoms with Crippen molar-refractivity contribution in [3.63, 3.8) is 0 Å². The van der Waals surface area contributed by atoms with Crippen LogP contribution in [0.4, 0.5) is 5.69 Å². The largest absolute Gasteiger partial charge is 0.344 e. The highest BCUT2D eigenvalue weighted by molar-refractivity contribution is 6.00. The lowest BCUT2D eigenvalue weighted by atomic mass is 9.91. The lowest BCUT2D eigenvalue weighted by Crippen LogP contribution is -2.53. The molecule has 142 valence electrons. The van der Waals surface area contributed by atoms with Crippen LogP contribution >= 0.6 is 12.4 Å². The van der Waals surface area contributed by atoms with Gasteiger partial charge in [-0.25, -0.2) is 0 Å². The van der Waals surface area contributed by atoms with Crippen molar-refractivity contribution < 1.29 is 9.59 Å². The van der Waals surface area contributed by atoms with E-state index in [1.807, 2.05) is 36.1 Å². The predicted octanol–water partition coefficient (Wildman–Crippen LogP) is 2.42. The number of piperidine rings is 2. The molecule has 2 heterocycles. The number of hydrogen-bond donors (Lipinski definition) is 2. The zero-order valence-corrected chi connectivity index (χ0v) is 16.1. The molecule has 1 aliphatic carbocycles. The van der Waals surface area contributed by atoms with Crippen LogP contribution in [0, 0.1) is 18.3 Å². The maximum absolute atomic E-state index is 12.9. The van der Waals surface area contributed by atoms with Crippen molar-refractivity contribution in [1.29, 1.82) is 0 Å². The first-order valence-electron chi connectivity index (χ1n) is 9.48. The van der Waals surface area contributed by atoms with Crippen LogP contribution in [0.3, 0.4) is 0 Å². The summed E-state index contributed by atoms with van der Waals surface area (Å²) in [6, 6.07) is 7.65. The summed E-state index contributed by atoms with van der Waals surface area (Å²) in [6.07, 6.45) is 4.82. The Morgan fingerprint density at radius 2 is 1.92 bits per heavy atom. The molecule has 0 radical (unpaired) electrons. The van der Waals surface area contributed by atoms with Crippen molar-refractivity contribution in [2.24, 2.45) is 11.3 Å². The van der Waals surface area contributed by atoms with E-state index < -0.39 is 0 Å². The van der Waals surface area contributed by atoms with E-state index in [1.165, 1.54) is 5.56 Å². The molecule has 2 atom stereocenters. The number of hydrogen-bond acceptors (Lipinski definition) is 3. The maximum Gasteiger partial charge on any atom is 0.249 e. The van der Waals surface area contributed by atoms with Gasteiger partial charge in [-0.2, -0.15) is 0 Å². The third-order valence-electron chi connectivity index (χ3n) is 6.21. The van der Waals surface area contributed by atoms with Crippen molar-refractivity contribution in [3.05, 3.63) is 29.8 Å². The zero-order chi connectivity index (χ0) is 17.4. The number of amides is 2. The number of aryl methyl sites for hydroxylation is 1. The number of benzene rings is 1. The fourth-order valence-corrected chi connectivity index (χ4v) is 4.46. The monoisotopic (exact) mass is 377 g/mol. The molecule has 0 bridgehead atoms. The third kappa shape index (κ3) is 3.60. The first kappa shape index (κ1) is 19.2. The summed E-state index contributed by atoms with van der Waals surface area (Å²) in [7, 11) is 0. The first-order chi connectivity index (χ1) is 12.1. The van der Waals surface area contributed by atoms with Gasteiger partial charge in [0.05, 0.1) is 0 Å². The molecule has 2 saturated heterocycles. The predicted molar refractivity (Wildman–Crippen MR) is 105 cm³/mol. The molecule has 1 spiro atoms. The van der Waals surface area contributed by atoms with Gasteiger partial charge in [-0.15, -0.1) is 12.4 Å². The molecule has 5 nitrogen and oxygen atoms in total. The zero-order valence-electron chi connectivity index (χ0n) is 15.3. The number of carbonyl (C=O) groups is 2. The molecular weight excluding hydrogens is 350 g/mol. The molecule has 2 amide bonds. The van der Waals surface area contributed by atoms with Gasteiger partial charge in [-0.3, -0.25) is 9.59 Å². The van der Waals surface area contributed by atoms with Gasteiger partial charge in [0, 0.05) is 18.2 Å². The Bertz CT molecular complexity index is 670. The molecule has 2 unspecified atom stereocenters. The minimum absolute atomic E-state index is 0. The van der Waals surface area contributed by atoms with Crippen LogP contribution in [0.1, 0.15) is 37.7 Å². The molecule has 26 heavy (non-hydrogen) atoms. The van der Waals surface area contributed by atoms with Gasteiger partial charge in [-0.1, -0.05) is 17.7 Å². The molecule has 6 heteroatoms. The Hall–Kier alpha value is -1.59. The molecule has 4 rings (SSSR count). The Morgan fingerprint density at radius 1 is 1.23 bits per heavy atom. The van der Waals surface area contributed by atoms with Crippen molar-refractivity contribution in [3.8, 4) is 0 Å². The molecular formula is C20H28ClN3O2. The summed E-state index contributed by atoms with van der Waals surface area (Å²) < 4.78 is 0. The smallest absolute Gasteiger partial charge is 0.249 e. The molecule has 1 aromatic carbocycles. The summed E-state index contributed by atoms with van der Waals surface area (Å²) >= 11 is 0. The van der Waals surface area contributed by atoms with Gasteiger partial charge < -0.3 is 15.5 Å².